The predicted molar refractivity (Wildman–Crippen MR) is 84.9 cm³/mol. The van der Waals surface area contributed by atoms with Crippen molar-refractivity contribution in [2.24, 2.45) is 0 Å². The molecule has 126 valence electrons. The highest BCUT2D eigenvalue weighted by molar-refractivity contribution is 6.00. The molecule has 2 aliphatic rings. The van der Waals surface area contributed by atoms with E-state index in [1.165, 1.54) is 0 Å². The summed E-state index contributed by atoms with van der Waals surface area (Å²) in [6.45, 7) is 5.65. The molecular weight excluding hydrogens is 296 g/mol. The van der Waals surface area contributed by atoms with Crippen molar-refractivity contribution < 1.29 is 19.4 Å². The van der Waals surface area contributed by atoms with E-state index < -0.39 is 5.97 Å². The smallest absolute Gasteiger partial charge is 0.352 e. The van der Waals surface area contributed by atoms with Gasteiger partial charge >= 0.3 is 5.97 Å². The molecule has 0 unspecified atom stereocenters. The number of carboxylic acid groups (broad SMARTS) is 1. The SMILES string of the molecule is Cc1[nH]c(C(=O)O)c(C)c1C(=O)N1CCC[C@@]2(CCCO2)CC1. The lowest BCUT2D eigenvalue weighted by atomic mass is 9.92. The molecule has 0 aliphatic carbocycles. The molecule has 3 rings (SSSR count). The zero-order chi connectivity index (χ0) is 16.6. The van der Waals surface area contributed by atoms with Gasteiger partial charge in [-0.15, -0.1) is 0 Å². The van der Waals surface area contributed by atoms with Crippen LogP contribution in [0.5, 0.6) is 0 Å². The Labute approximate surface area is 135 Å². The van der Waals surface area contributed by atoms with Gasteiger partial charge in [-0.25, -0.2) is 4.79 Å². The quantitative estimate of drug-likeness (QED) is 0.877. The first-order chi connectivity index (χ1) is 10.9. The van der Waals surface area contributed by atoms with Crippen LogP contribution in [-0.2, 0) is 4.74 Å². The minimum atomic E-state index is -1.03. The fourth-order valence-electron chi connectivity index (χ4n) is 3.96. The second-order valence-corrected chi connectivity index (χ2v) is 6.71. The third-order valence-corrected chi connectivity index (χ3v) is 5.24. The van der Waals surface area contributed by atoms with Crippen LogP contribution in [0.2, 0.25) is 0 Å². The summed E-state index contributed by atoms with van der Waals surface area (Å²) in [5.41, 5.74) is 1.72. The van der Waals surface area contributed by atoms with E-state index in [1.807, 2.05) is 4.90 Å². The number of carboxylic acids is 1. The van der Waals surface area contributed by atoms with Crippen molar-refractivity contribution in [1.82, 2.24) is 9.88 Å². The fourth-order valence-corrected chi connectivity index (χ4v) is 3.96. The first-order valence-electron chi connectivity index (χ1n) is 8.29. The van der Waals surface area contributed by atoms with Gasteiger partial charge in [-0.3, -0.25) is 4.79 Å². The van der Waals surface area contributed by atoms with Crippen LogP contribution in [0.15, 0.2) is 0 Å². The second-order valence-electron chi connectivity index (χ2n) is 6.71. The van der Waals surface area contributed by atoms with Crippen molar-refractivity contribution >= 4 is 11.9 Å². The Morgan fingerprint density at radius 2 is 1.91 bits per heavy atom. The summed E-state index contributed by atoms with van der Waals surface area (Å²) in [4.78, 5) is 28.8. The normalized spacial score (nSPS) is 24.9. The Balaban J connectivity index is 1.79. The van der Waals surface area contributed by atoms with Crippen LogP contribution < -0.4 is 0 Å². The van der Waals surface area contributed by atoms with Gasteiger partial charge in [-0.1, -0.05) is 0 Å². The lowest BCUT2D eigenvalue weighted by Crippen LogP contribution is -2.34. The first-order valence-corrected chi connectivity index (χ1v) is 8.29. The lowest BCUT2D eigenvalue weighted by Gasteiger charge is -2.27. The summed E-state index contributed by atoms with van der Waals surface area (Å²) in [5, 5.41) is 9.21. The molecule has 3 heterocycles. The third-order valence-electron chi connectivity index (χ3n) is 5.24. The van der Waals surface area contributed by atoms with E-state index in [0.717, 1.165) is 38.7 Å². The van der Waals surface area contributed by atoms with Crippen molar-refractivity contribution in [1.29, 1.82) is 0 Å². The number of aromatic nitrogens is 1. The molecule has 1 atom stereocenters. The number of carbonyl (C=O) groups excluding carboxylic acids is 1. The maximum Gasteiger partial charge on any atom is 0.352 e. The van der Waals surface area contributed by atoms with Crippen molar-refractivity contribution in [3.63, 3.8) is 0 Å². The summed E-state index contributed by atoms with van der Waals surface area (Å²) in [6, 6.07) is 0. The second kappa shape index (κ2) is 6.00. The van der Waals surface area contributed by atoms with Crippen LogP contribution in [0.1, 0.15) is 64.2 Å². The van der Waals surface area contributed by atoms with Gasteiger partial charge in [0, 0.05) is 25.4 Å². The number of hydrogen-bond acceptors (Lipinski definition) is 3. The molecule has 2 fully saturated rings. The van der Waals surface area contributed by atoms with Crippen LogP contribution in [0.3, 0.4) is 0 Å². The zero-order valence-corrected chi connectivity index (χ0v) is 13.8. The molecule has 2 saturated heterocycles. The molecule has 1 amide bonds. The Bertz CT molecular complexity index is 629. The average molecular weight is 320 g/mol. The monoisotopic (exact) mass is 320 g/mol. The van der Waals surface area contributed by atoms with Gasteiger partial charge in [0.2, 0.25) is 0 Å². The number of carbonyl (C=O) groups is 2. The topological polar surface area (TPSA) is 82.6 Å². The number of amides is 1. The zero-order valence-electron chi connectivity index (χ0n) is 13.8. The molecule has 2 aliphatic heterocycles. The van der Waals surface area contributed by atoms with Crippen LogP contribution >= 0.6 is 0 Å². The summed E-state index contributed by atoms with van der Waals surface area (Å²) in [7, 11) is 0. The summed E-state index contributed by atoms with van der Waals surface area (Å²) in [5.74, 6) is -1.10. The number of aryl methyl sites for hydroxylation is 1. The largest absolute Gasteiger partial charge is 0.477 e. The van der Waals surface area contributed by atoms with E-state index in [4.69, 9.17) is 4.74 Å². The van der Waals surface area contributed by atoms with Crippen molar-refractivity contribution in [3.8, 4) is 0 Å². The van der Waals surface area contributed by atoms with Crippen molar-refractivity contribution in [2.75, 3.05) is 19.7 Å². The number of nitrogens with one attached hydrogen (secondary N) is 1. The molecule has 1 aromatic heterocycles. The van der Waals surface area contributed by atoms with Gasteiger partial charge in [-0.05, 0) is 51.5 Å². The number of H-pyrrole nitrogens is 1. The van der Waals surface area contributed by atoms with E-state index in [1.54, 1.807) is 13.8 Å². The minimum Gasteiger partial charge on any atom is -0.477 e. The van der Waals surface area contributed by atoms with Gasteiger partial charge in [-0.2, -0.15) is 0 Å². The number of hydrogen-bond donors (Lipinski definition) is 2. The molecule has 2 N–H and O–H groups in total. The number of aromatic carboxylic acids is 1. The van der Waals surface area contributed by atoms with Gasteiger partial charge in [0.1, 0.15) is 5.69 Å². The molecule has 0 saturated carbocycles. The number of nitrogens with zero attached hydrogens (tertiary/aromatic N) is 1. The van der Waals surface area contributed by atoms with Crippen LogP contribution in [0.4, 0.5) is 0 Å². The molecular formula is C17H24N2O4. The van der Waals surface area contributed by atoms with E-state index in [2.05, 4.69) is 4.98 Å². The molecule has 0 radical (unpaired) electrons. The molecule has 23 heavy (non-hydrogen) atoms. The Kier molecular flexibility index (Phi) is 4.19. The number of ether oxygens (including phenoxy) is 1. The van der Waals surface area contributed by atoms with Gasteiger partial charge < -0.3 is 19.7 Å². The highest BCUT2D eigenvalue weighted by Crippen LogP contribution is 2.36. The summed E-state index contributed by atoms with van der Waals surface area (Å²) in [6.07, 6.45) is 4.99. The molecule has 6 heteroatoms. The Morgan fingerprint density at radius 3 is 2.52 bits per heavy atom. The number of rotatable bonds is 2. The van der Waals surface area contributed by atoms with Gasteiger partial charge in [0.25, 0.3) is 5.91 Å². The van der Waals surface area contributed by atoms with Crippen LogP contribution in [0, 0.1) is 13.8 Å². The van der Waals surface area contributed by atoms with E-state index in [-0.39, 0.29) is 17.2 Å². The van der Waals surface area contributed by atoms with Crippen LogP contribution in [0.25, 0.3) is 0 Å². The highest BCUT2D eigenvalue weighted by Gasteiger charge is 2.38. The van der Waals surface area contributed by atoms with Crippen molar-refractivity contribution in [3.05, 3.63) is 22.5 Å². The third kappa shape index (κ3) is 2.87. The van der Waals surface area contributed by atoms with E-state index in [0.29, 0.717) is 29.9 Å². The molecule has 0 bridgehead atoms. The van der Waals surface area contributed by atoms with Gasteiger partial charge in [0.15, 0.2) is 0 Å². The number of aromatic amines is 1. The van der Waals surface area contributed by atoms with Gasteiger partial charge in [0.05, 0.1) is 11.2 Å². The van der Waals surface area contributed by atoms with Crippen molar-refractivity contribution in [2.45, 2.75) is 51.6 Å². The number of likely N-dealkylation sites (tertiary alicyclic amines) is 1. The van der Waals surface area contributed by atoms with Crippen LogP contribution in [-0.4, -0.2) is 52.2 Å². The van der Waals surface area contributed by atoms with E-state index in [9.17, 15) is 14.7 Å². The Morgan fingerprint density at radius 1 is 1.17 bits per heavy atom. The maximum atomic E-state index is 12.9. The summed E-state index contributed by atoms with van der Waals surface area (Å²) < 4.78 is 5.96. The average Bonchev–Trinajstić information content (AvgIpc) is 2.99. The Hall–Kier alpha value is -1.82. The maximum absolute atomic E-state index is 12.9. The lowest BCUT2D eigenvalue weighted by molar-refractivity contribution is -0.00692. The predicted octanol–water partition coefficient (Wildman–Crippen LogP) is 2.51. The minimum absolute atomic E-state index is 0.0382. The molecule has 1 spiro atoms. The standard InChI is InChI=1S/C17H24N2O4/c1-11-13(12(2)18-14(11)16(21)22)15(20)19-8-3-5-17(7-9-19)6-4-10-23-17/h18H,3-10H2,1-2H3,(H,21,22)/t17-/m1/s1. The fraction of sp³-hybridized carbons (Fsp3) is 0.647. The summed E-state index contributed by atoms with van der Waals surface area (Å²) >= 11 is 0. The molecule has 6 nitrogen and oxygen atoms in total. The first kappa shape index (κ1) is 16.1. The molecule has 0 aromatic carbocycles. The van der Waals surface area contributed by atoms with E-state index >= 15 is 0 Å². The molecule has 1 aromatic rings. The highest BCUT2D eigenvalue weighted by atomic mass is 16.5.